The average Bonchev–Trinajstić information content (AvgIpc) is 2.38. The molecule has 0 spiro atoms. The van der Waals surface area contributed by atoms with E-state index < -0.39 is 5.82 Å². The number of ether oxygens (including phenoxy) is 1. The molecule has 100 valence electrons. The van der Waals surface area contributed by atoms with Crippen molar-refractivity contribution in [1.82, 2.24) is 4.90 Å². The predicted octanol–water partition coefficient (Wildman–Crippen LogP) is 1.57. The molecule has 4 nitrogen and oxygen atoms in total. The molecule has 18 heavy (non-hydrogen) atoms. The summed E-state index contributed by atoms with van der Waals surface area (Å²) < 4.78 is 18.2. The first-order valence-electron chi connectivity index (χ1n) is 5.92. The van der Waals surface area contributed by atoms with Crippen LogP contribution in [-0.2, 0) is 11.4 Å². The highest BCUT2D eigenvalue weighted by molar-refractivity contribution is 5.77. The summed E-state index contributed by atoms with van der Waals surface area (Å²) >= 11 is 0. The molecular weight excluding hydrogens is 237 g/mol. The SMILES string of the molecule is CCN(CC)C(=O)COc1ccc(F)cc1CO. The van der Waals surface area contributed by atoms with Gasteiger partial charge >= 0.3 is 0 Å². The van der Waals surface area contributed by atoms with Gasteiger partial charge in [0.05, 0.1) is 6.61 Å². The van der Waals surface area contributed by atoms with Crippen molar-refractivity contribution < 1.29 is 19.0 Å². The van der Waals surface area contributed by atoms with Gasteiger partial charge in [0.15, 0.2) is 6.61 Å². The Balaban J connectivity index is 2.66. The van der Waals surface area contributed by atoms with Gasteiger partial charge < -0.3 is 14.7 Å². The molecule has 0 aliphatic carbocycles. The van der Waals surface area contributed by atoms with E-state index in [-0.39, 0.29) is 19.1 Å². The molecule has 0 heterocycles. The average molecular weight is 255 g/mol. The molecule has 0 bridgehead atoms. The molecule has 0 aromatic heterocycles. The van der Waals surface area contributed by atoms with E-state index in [9.17, 15) is 9.18 Å². The first-order valence-corrected chi connectivity index (χ1v) is 5.92. The minimum atomic E-state index is -0.443. The summed E-state index contributed by atoms with van der Waals surface area (Å²) in [6.45, 7) is 4.58. The molecule has 0 saturated heterocycles. The standard InChI is InChI=1S/C13H18FNO3/c1-3-15(4-2)13(17)9-18-12-6-5-11(14)7-10(12)8-16/h5-7,16H,3-4,8-9H2,1-2H3. The number of hydrogen-bond acceptors (Lipinski definition) is 3. The number of halogens is 1. The highest BCUT2D eigenvalue weighted by Crippen LogP contribution is 2.19. The van der Waals surface area contributed by atoms with Crippen molar-refractivity contribution in [2.24, 2.45) is 0 Å². The fourth-order valence-electron chi connectivity index (χ4n) is 1.62. The van der Waals surface area contributed by atoms with Crippen LogP contribution in [-0.4, -0.2) is 35.6 Å². The number of rotatable bonds is 6. The molecule has 0 saturated carbocycles. The Kier molecular flexibility index (Phi) is 5.58. The molecule has 1 aromatic rings. The minimum absolute atomic E-state index is 0.111. The summed E-state index contributed by atoms with van der Waals surface area (Å²) in [5.74, 6) is -0.242. The first kappa shape index (κ1) is 14.4. The Bertz CT molecular complexity index is 405. The third-order valence-corrected chi connectivity index (χ3v) is 2.66. The number of likely N-dealkylation sites (N-methyl/N-ethyl adjacent to an activating group) is 1. The monoisotopic (exact) mass is 255 g/mol. The molecule has 1 aromatic carbocycles. The lowest BCUT2D eigenvalue weighted by atomic mass is 10.2. The van der Waals surface area contributed by atoms with Gasteiger partial charge in [-0.2, -0.15) is 0 Å². The third-order valence-electron chi connectivity index (χ3n) is 2.66. The van der Waals surface area contributed by atoms with Crippen molar-refractivity contribution in [2.75, 3.05) is 19.7 Å². The molecule has 0 unspecified atom stereocenters. The van der Waals surface area contributed by atoms with Gasteiger partial charge in [0.25, 0.3) is 5.91 Å². The van der Waals surface area contributed by atoms with Crippen molar-refractivity contribution >= 4 is 5.91 Å². The maximum absolute atomic E-state index is 12.9. The summed E-state index contributed by atoms with van der Waals surface area (Å²) in [5, 5.41) is 9.07. The lowest BCUT2D eigenvalue weighted by molar-refractivity contribution is -0.133. The highest BCUT2D eigenvalue weighted by atomic mass is 19.1. The molecule has 1 rings (SSSR count). The van der Waals surface area contributed by atoms with Crippen LogP contribution in [0.25, 0.3) is 0 Å². The van der Waals surface area contributed by atoms with Gasteiger partial charge in [-0.25, -0.2) is 4.39 Å². The van der Waals surface area contributed by atoms with Gasteiger partial charge in [0.2, 0.25) is 0 Å². The van der Waals surface area contributed by atoms with Crippen LogP contribution in [0, 0.1) is 5.82 Å². The molecule has 0 radical (unpaired) electrons. The second-order valence-electron chi connectivity index (χ2n) is 3.76. The zero-order chi connectivity index (χ0) is 13.5. The topological polar surface area (TPSA) is 49.8 Å². The lowest BCUT2D eigenvalue weighted by Crippen LogP contribution is -2.34. The molecule has 1 N–H and O–H groups in total. The van der Waals surface area contributed by atoms with Gasteiger partial charge in [-0.1, -0.05) is 0 Å². The summed E-state index contributed by atoms with van der Waals surface area (Å²) in [6, 6.07) is 3.84. The fourth-order valence-corrected chi connectivity index (χ4v) is 1.62. The van der Waals surface area contributed by atoms with E-state index in [0.29, 0.717) is 24.4 Å². The predicted molar refractivity (Wildman–Crippen MR) is 65.7 cm³/mol. The van der Waals surface area contributed by atoms with Crippen LogP contribution >= 0.6 is 0 Å². The molecule has 0 aliphatic rings. The summed E-state index contributed by atoms with van der Waals surface area (Å²) in [6.07, 6.45) is 0. The van der Waals surface area contributed by atoms with E-state index in [1.165, 1.54) is 18.2 Å². The van der Waals surface area contributed by atoms with Crippen LogP contribution in [0.1, 0.15) is 19.4 Å². The van der Waals surface area contributed by atoms with Crippen LogP contribution in [0.5, 0.6) is 5.75 Å². The summed E-state index contributed by atoms with van der Waals surface area (Å²) in [7, 11) is 0. The lowest BCUT2D eigenvalue weighted by Gasteiger charge is -2.19. The van der Waals surface area contributed by atoms with Crippen molar-refractivity contribution in [2.45, 2.75) is 20.5 Å². The van der Waals surface area contributed by atoms with Crippen LogP contribution in [0.4, 0.5) is 4.39 Å². The number of benzene rings is 1. The van der Waals surface area contributed by atoms with Crippen LogP contribution in [0.2, 0.25) is 0 Å². The van der Waals surface area contributed by atoms with Crippen LogP contribution < -0.4 is 4.74 Å². The molecule has 0 aliphatic heterocycles. The van der Waals surface area contributed by atoms with Gasteiger partial charge in [0.1, 0.15) is 11.6 Å². The zero-order valence-electron chi connectivity index (χ0n) is 10.6. The Hall–Kier alpha value is -1.62. The van der Waals surface area contributed by atoms with Crippen LogP contribution in [0.15, 0.2) is 18.2 Å². The Labute approximate surface area is 106 Å². The van der Waals surface area contributed by atoms with Gasteiger partial charge in [-0.15, -0.1) is 0 Å². The van der Waals surface area contributed by atoms with Crippen molar-refractivity contribution in [1.29, 1.82) is 0 Å². The van der Waals surface area contributed by atoms with E-state index >= 15 is 0 Å². The van der Waals surface area contributed by atoms with E-state index in [0.717, 1.165) is 0 Å². The number of carbonyl (C=O) groups excluding carboxylic acids is 1. The highest BCUT2D eigenvalue weighted by Gasteiger charge is 2.11. The van der Waals surface area contributed by atoms with Gasteiger partial charge in [-0.3, -0.25) is 4.79 Å². The second kappa shape index (κ2) is 6.96. The Morgan fingerprint density at radius 1 is 1.39 bits per heavy atom. The number of carbonyl (C=O) groups is 1. The smallest absolute Gasteiger partial charge is 0.260 e. The number of aliphatic hydroxyl groups excluding tert-OH is 1. The van der Waals surface area contributed by atoms with Crippen molar-refractivity contribution in [3.05, 3.63) is 29.6 Å². The van der Waals surface area contributed by atoms with Gasteiger partial charge in [-0.05, 0) is 32.0 Å². The van der Waals surface area contributed by atoms with Crippen molar-refractivity contribution in [3.8, 4) is 5.75 Å². The Morgan fingerprint density at radius 2 is 2.06 bits per heavy atom. The molecular formula is C13H18FNO3. The summed E-state index contributed by atoms with van der Waals surface area (Å²) in [4.78, 5) is 13.4. The third kappa shape index (κ3) is 3.70. The molecule has 0 fully saturated rings. The normalized spacial score (nSPS) is 10.2. The largest absolute Gasteiger partial charge is 0.483 e. The number of hydrogen-bond donors (Lipinski definition) is 1. The van der Waals surface area contributed by atoms with E-state index in [4.69, 9.17) is 9.84 Å². The Morgan fingerprint density at radius 3 is 2.61 bits per heavy atom. The maximum atomic E-state index is 12.9. The van der Waals surface area contributed by atoms with E-state index in [1.807, 2.05) is 13.8 Å². The number of aliphatic hydroxyl groups is 1. The fraction of sp³-hybridized carbons (Fsp3) is 0.462. The number of nitrogens with zero attached hydrogens (tertiary/aromatic N) is 1. The molecule has 5 heteroatoms. The van der Waals surface area contributed by atoms with E-state index in [2.05, 4.69) is 0 Å². The first-order chi connectivity index (χ1) is 8.62. The quantitative estimate of drug-likeness (QED) is 0.839. The maximum Gasteiger partial charge on any atom is 0.260 e. The van der Waals surface area contributed by atoms with E-state index in [1.54, 1.807) is 4.90 Å². The van der Waals surface area contributed by atoms with Gasteiger partial charge in [0, 0.05) is 18.7 Å². The molecule has 1 amide bonds. The minimum Gasteiger partial charge on any atom is -0.483 e. The summed E-state index contributed by atoms with van der Waals surface area (Å²) in [5.41, 5.74) is 0.336. The molecule has 0 atom stereocenters. The number of amides is 1. The second-order valence-corrected chi connectivity index (χ2v) is 3.76. The van der Waals surface area contributed by atoms with Crippen LogP contribution in [0.3, 0.4) is 0 Å². The van der Waals surface area contributed by atoms with Crippen molar-refractivity contribution in [3.63, 3.8) is 0 Å². The zero-order valence-corrected chi connectivity index (χ0v) is 10.6.